The summed E-state index contributed by atoms with van der Waals surface area (Å²) in [5.74, 6) is 1.88. The van der Waals surface area contributed by atoms with Gasteiger partial charge in [-0.3, -0.25) is 0 Å². The molecule has 5 fully saturated rings. The fraction of sp³-hybridized carbons (Fsp3) is 0.727. The average Bonchev–Trinajstić information content (AvgIpc) is 3.47. The first-order valence-corrected chi connectivity index (χ1v) is 22.3. The molecule has 6 aliphatic rings. The number of sulfone groups is 1. The number of allylic oxidation sites excluding steroid dienone is 3. The number of hydrogen-bond acceptors (Lipinski definition) is 6. The summed E-state index contributed by atoms with van der Waals surface area (Å²) in [6.45, 7) is 21.6. The second kappa shape index (κ2) is 13.5. The van der Waals surface area contributed by atoms with Crippen molar-refractivity contribution in [3.8, 4) is 0 Å². The van der Waals surface area contributed by atoms with Crippen molar-refractivity contribution in [1.29, 1.82) is 0 Å². The Bertz CT molecular complexity index is 1760. The summed E-state index contributed by atoms with van der Waals surface area (Å²) in [5.41, 5.74) is 4.24. The molecule has 8 nitrogen and oxygen atoms in total. The van der Waals surface area contributed by atoms with Crippen LogP contribution < -0.4 is 5.32 Å². The summed E-state index contributed by atoms with van der Waals surface area (Å²) in [5, 5.41) is 13.0. The van der Waals surface area contributed by atoms with E-state index in [0.717, 1.165) is 44.2 Å². The Hall–Kier alpha value is -2.65. The first-order chi connectivity index (χ1) is 24.9. The fourth-order valence-corrected chi connectivity index (χ4v) is 15.2. The molecule has 1 heterocycles. The maximum absolute atomic E-state index is 13.5. The van der Waals surface area contributed by atoms with E-state index in [1.165, 1.54) is 36.8 Å². The van der Waals surface area contributed by atoms with Crippen molar-refractivity contribution in [2.24, 2.45) is 51.2 Å². The molecular formula is C44H64N2O6S. The van der Waals surface area contributed by atoms with Crippen LogP contribution >= 0.6 is 0 Å². The number of carbonyl (C=O) groups is 2. The highest BCUT2D eigenvalue weighted by molar-refractivity contribution is 7.91. The van der Waals surface area contributed by atoms with Gasteiger partial charge >= 0.3 is 12.1 Å². The molecule has 9 atom stereocenters. The van der Waals surface area contributed by atoms with Gasteiger partial charge in [0.05, 0.1) is 23.7 Å². The van der Waals surface area contributed by atoms with Crippen LogP contribution in [-0.2, 0) is 14.6 Å². The maximum atomic E-state index is 13.5. The number of ether oxygens (including phenoxy) is 1. The summed E-state index contributed by atoms with van der Waals surface area (Å²) in [6.07, 6.45) is 12.8. The van der Waals surface area contributed by atoms with Crippen LogP contribution in [0.4, 0.5) is 4.79 Å². The number of carboxylic acid groups (broad SMARTS) is 1. The van der Waals surface area contributed by atoms with Crippen LogP contribution in [0.25, 0.3) is 5.57 Å². The Labute approximate surface area is 318 Å². The van der Waals surface area contributed by atoms with E-state index in [4.69, 9.17) is 4.74 Å². The average molecular weight is 749 g/mol. The predicted molar refractivity (Wildman–Crippen MR) is 210 cm³/mol. The van der Waals surface area contributed by atoms with E-state index in [1.54, 1.807) is 12.1 Å². The zero-order valence-electron chi connectivity index (χ0n) is 33.1. The van der Waals surface area contributed by atoms with Crippen molar-refractivity contribution in [3.63, 3.8) is 0 Å². The summed E-state index contributed by atoms with van der Waals surface area (Å²) in [7, 11) is -2.91. The number of alkyl carbamates (subject to hydrolysis) is 1. The van der Waals surface area contributed by atoms with Gasteiger partial charge in [-0.15, -0.1) is 0 Å². The predicted octanol–water partition coefficient (Wildman–Crippen LogP) is 8.63. The lowest BCUT2D eigenvalue weighted by Crippen LogP contribution is -2.68. The topological polar surface area (TPSA) is 113 Å². The van der Waals surface area contributed by atoms with E-state index in [-0.39, 0.29) is 44.8 Å². The molecule has 1 aromatic rings. The number of nitrogens with one attached hydrogen (secondary N) is 1. The van der Waals surface area contributed by atoms with Crippen molar-refractivity contribution in [2.75, 3.05) is 37.7 Å². The lowest BCUT2D eigenvalue weighted by atomic mass is 9.33. The van der Waals surface area contributed by atoms with Crippen LogP contribution in [0.2, 0.25) is 0 Å². The van der Waals surface area contributed by atoms with Crippen LogP contribution in [-0.4, -0.2) is 73.8 Å². The van der Waals surface area contributed by atoms with Gasteiger partial charge in [-0.2, -0.15) is 0 Å². The standard InChI is InChI=1S/C44H64N2O6S/c1-29(2)32-15-20-44(45-39(49)52-26-8-23-46-24-27-53(50,51)28-25-46)22-21-42(6)34(37(32)44)13-14-36-41(5)18-16-33(30-9-11-31(12-10-30)38(47)48)40(3,4)35(41)17-19-43(36,42)7/h9-12,16,32,34-37H,1,8,13-15,17-28H2,2-7H3,(H,45,49)(H,47,48). The Balaban J connectivity index is 1.09. The second-order valence-corrected chi connectivity index (χ2v) is 21.7. The van der Waals surface area contributed by atoms with Crippen molar-refractivity contribution >= 4 is 27.5 Å². The van der Waals surface area contributed by atoms with Gasteiger partial charge < -0.3 is 20.1 Å². The molecule has 2 N–H and O–H groups in total. The van der Waals surface area contributed by atoms with Crippen LogP contribution in [0.3, 0.4) is 0 Å². The first-order valence-electron chi connectivity index (χ1n) is 20.4. The number of benzene rings is 1. The highest BCUT2D eigenvalue weighted by atomic mass is 32.2. The minimum atomic E-state index is -2.91. The van der Waals surface area contributed by atoms with Crippen molar-refractivity contribution in [1.82, 2.24) is 10.2 Å². The smallest absolute Gasteiger partial charge is 0.407 e. The summed E-state index contributed by atoms with van der Waals surface area (Å²) in [6, 6.07) is 7.50. The third-order valence-electron chi connectivity index (χ3n) is 16.7. The Morgan fingerprint density at radius 1 is 0.925 bits per heavy atom. The molecule has 7 rings (SSSR count). The number of hydrogen-bond donors (Lipinski definition) is 2. The number of amides is 1. The molecular weight excluding hydrogens is 685 g/mol. The molecule has 0 radical (unpaired) electrons. The van der Waals surface area contributed by atoms with E-state index in [2.05, 4.69) is 64.4 Å². The minimum absolute atomic E-state index is 0.0340. The van der Waals surface area contributed by atoms with Crippen LogP contribution in [0, 0.1) is 51.2 Å². The van der Waals surface area contributed by atoms with E-state index >= 15 is 0 Å². The summed E-state index contributed by atoms with van der Waals surface area (Å²) < 4.78 is 29.4. The van der Waals surface area contributed by atoms with Gasteiger partial charge in [-0.05, 0) is 146 Å². The van der Waals surface area contributed by atoms with E-state index in [0.29, 0.717) is 61.3 Å². The number of rotatable bonds is 8. The molecule has 1 aromatic carbocycles. The Morgan fingerprint density at radius 2 is 1.62 bits per heavy atom. The van der Waals surface area contributed by atoms with Crippen LogP contribution in [0.5, 0.6) is 0 Å². The SMILES string of the molecule is C=C(C)C1CCC2(NC(=O)OCCCN3CCS(=O)(=O)CC3)CCC3(C)C(CCC4C5(C)CC=C(c6ccc(C(=O)O)cc6)C(C)(C)C5CCC43C)C12. The lowest BCUT2D eigenvalue weighted by Gasteiger charge is -2.72. The number of carboxylic acids is 1. The molecule has 0 spiro atoms. The largest absolute Gasteiger partial charge is 0.478 e. The number of nitrogens with zero attached hydrogens (tertiary/aromatic N) is 1. The molecule has 53 heavy (non-hydrogen) atoms. The molecule has 1 saturated heterocycles. The molecule has 5 aliphatic carbocycles. The monoisotopic (exact) mass is 748 g/mol. The Kier molecular flexibility index (Phi) is 9.86. The highest BCUT2D eigenvalue weighted by Crippen LogP contribution is 2.76. The van der Waals surface area contributed by atoms with Crippen LogP contribution in [0.1, 0.15) is 122 Å². The summed E-state index contributed by atoms with van der Waals surface area (Å²) >= 11 is 0. The highest BCUT2D eigenvalue weighted by Gasteiger charge is 2.70. The third kappa shape index (κ3) is 6.32. The van der Waals surface area contributed by atoms with Gasteiger partial charge in [0, 0.05) is 25.2 Å². The van der Waals surface area contributed by atoms with Gasteiger partial charge in [-0.1, -0.05) is 65.0 Å². The van der Waals surface area contributed by atoms with E-state index < -0.39 is 15.8 Å². The first kappa shape index (κ1) is 38.6. The lowest BCUT2D eigenvalue weighted by molar-refractivity contribution is -0.218. The zero-order chi connectivity index (χ0) is 38.2. The number of aromatic carboxylic acids is 1. The Morgan fingerprint density at radius 3 is 2.28 bits per heavy atom. The molecule has 292 valence electrons. The van der Waals surface area contributed by atoms with Gasteiger partial charge in [0.1, 0.15) is 0 Å². The molecule has 4 saturated carbocycles. The summed E-state index contributed by atoms with van der Waals surface area (Å²) in [4.78, 5) is 27.3. The second-order valence-electron chi connectivity index (χ2n) is 19.4. The van der Waals surface area contributed by atoms with E-state index in [1.807, 2.05) is 12.1 Å². The minimum Gasteiger partial charge on any atom is -0.478 e. The van der Waals surface area contributed by atoms with Crippen molar-refractivity contribution in [3.05, 3.63) is 53.6 Å². The molecule has 9 unspecified atom stereocenters. The fourth-order valence-electron chi connectivity index (χ4n) is 13.9. The van der Waals surface area contributed by atoms with Gasteiger partial charge in [0.2, 0.25) is 0 Å². The third-order valence-corrected chi connectivity index (χ3v) is 18.3. The molecule has 0 bridgehead atoms. The zero-order valence-corrected chi connectivity index (χ0v) is 34.0. The van der Waals surface area contributed by atoms with Gasteiger partial charge in [0.15, 0.2) is 9.84 Å². The molecule has 1 amide bonds. The van der Waals surface area contributed by atoms with Crippen LogP contribution in [0.15, 0.2) is 42.5 Å². The van der Waals surface area contributed by atoms with Gasteiger partial charge in [0.25, 0.3) is 0 Å². The number of fused-ring (bicyclic) bond motifs is 7. The van der Waals surface area contributed by atoms with E-state index in [9.17, 15) is 23.1 Å². The molecule has 1 aliphatic heterocycles. The normalized spacial score (nSPS) is 40.0. The molecule has 9 heteroatoms. The molecule has 0 aromatic heterocycles. The van der Waals surface area contributed by atoms with Crippen molar-refractivity contribution < 1.29 is 27.9 Å². The number of carbonyl (C=O) groups excluding carboxylic acids is 1. The van der Waals surface area contributed by atoms with Gasteiger partial charge in [-0.25, -0.2) is 18.0 Å². The van der Waals surface area contributed by atoms with Crippen molar-refractivity contribution in [2.45, 2.75) is 111 Å². The maximum Gasteiger partial charge on any atom is 0.407 e. The quantitative estimate of drug-likeness (QED) is 0.202.